The van der Waals surface area contributed by atoms with E-state index in [2.05, 4.69) is 0 Å². The third-order valence-electron chi connectivity index (χ3n) is 2.75. The Bertz CT molecular complexity index is 663. The van der Waals surface area contributed by atoms with E-state index < -0.39 is 0 Å². The molecule has 2 heteroatoms. The van der Waals surface area contributed by atoms with Crippen LogP contribution in [-0.4, -0.2) is 5.78 Å². The van der Waals surface area contributed by atoms with Gasteiger partial charge in [-0.25, -0.2) is 0 Å². The number of carbonyl (C=O) groups is 1. The Morgan fingerprint density at radius 1 is 1.11 bits per heavy atom. The molecule has 0 aliphatic heterocycles. The highest BCUT2D eigenvalue weighted by Crippen LogP contribution is 2.13. The number of ketones is 1. The fourth-order valence-electron chi connectivity index (χ4n) is 1.82. The van der Waals surface area contributed by atoms with Crippen molar-refractivity contribution in [2.24, 2.45) is 0 Å². The highest BCUT2D eigenvalue weighted by Gasteiger charge is 2.11. The average molecular weight is 247 g/mol. The Morgan fingerprint density at radius 2 is 1.84 bits per heavy atom. The topological polar surface area (TPSA) is 40.9 Å². The molecule has 0 N–H and O–H groups in total. The number of hydrogen-bond acceptors (Lipinski definition) is 2. The Morgan fingerprint density at radius 3 is 2.47 bits per heavy atom. The van der Waals surface area contributed by atoms with Crippen molar-refractivity contribution < 1.29 is 4.79 Å². The van der Waals surface area contributed by atoms with Crippen LogP contribution in [0.1, 0.15) is 21.5 Å². The van der Waals surface area contributed by atoms with Gasteiger partial charge < -0.3 is 0 Å². The Balaban J connectivity index is 2.36. The monoisotopic (exact) mass is 247 g/mol. The Kier molecular flexibility index (Phi) is 3.90. The summed E-state index contributed by atoms with van der Waals surface area (Å²) in [7, 11) is 0. The van der Waals surface area contributed by atoms with Gasteiger partial charge >= 0.3 is 0 Å². The van der Waals surface area contributed by atoms with Gasteiger partial charge in [0.25, 0.3) is 0 Å². The van der Waals surface area contributed by atoms with Crippen molar-refractivity contribution >= 4 is 11.9 Å². The molecule has 92 valence electrons. The lowest BCUT2D eigenvalue weighted by atomic mass is 10.0. The number of hydrogen-bond donors (Lipinski definition) is 0. The van der Waals surface area contributed by atoms with Crippen LogP contribution in [0.4, 0.5) is 0 Å². The molecule has 0 atom stereocenters. The van der Waals surface area contributed by atoms with Crippen LogP contribution >= 0.6 is 0 Å². The number of carbonyl (C=O) groups excluding carboxylic acids is 1. The van der Waals surface area contributed by atoms with E-state index in [1.54, 1.807) is 30.3 Å². The summed E-state index contributed by atoms with van der Waals surface area (Å²) in [5.74, 6) is -0.246. The number of rotatable bonds is 3. The summed E-state index contributed by atoms with van der Waals surface area (Å²) >= 11 is 0. The molecule has 2 nitrogen and oxygen atoms in total. The molecule has 19 heavy (non-hydrogen) atoms. The lowest BCUT2D eigenvalue weighted by Crippen LogP contribution is -2.01. The molecule has 0 aromatic heterocycles. The first-order valence-electron chi connectivity index (χ1n) is 5.99. The summed E-state index contributed by atoms with van der Waals surface area (Å²) in [5.41, 5.74) is 2.64. The number of Topliss-reactive ketones (excluding diaryl/α,β-unsaturated/α-hetero) is 1. The molecule has 2 rings (SSSR count). The molecule has 0 bridgehead atoms. The van der Waals surface area contributed by atoms with Crippen molar-refractivity contribution in [3.63, 3.8) is 0 Å². The molecule has 0 amide bonds. The van der Waals surface area contributed by atoms with Crippen LogP contribution < -0.4 is 0 Å². The lowest BCUT2D eigenvalue weighted by molar-refractivity contribution is 0.104. The Labute approximate surface area is 112 Å². The molecule has 2 aromatic carbocycles. The van der Waals surface area contributed by atoms with Crippen molar-refractivity contribution in [2.75, 3.05) is 0 Å². The first kappa shape index (κ1) is 12.8. The maximum atomic E-state index is 12.2. The molecule has 0 saturated carbocycles. The van der Waals surface area contributed by atoms with E-state index in [-0.39, 0.29) is 11.4 Å². The summed E-state index contributed by atoms with van der Waals surface area (Å²) in [6.07, 6.45) is 1.63. The summed E-state index contributed by atoms with van der Waals surface area (Å²) in [5, 5.41) is 9.15. The van der Waals surface area contributed by atoms with Crippen molar-refractivity contribution in [3.05, 3.63) is 76.9 Å². The third-order valence-corrected chi connectivity index (χ3v) is 2.75. The van der Waals surface area contributed by atoms with E-state index in [0.29, 0.717) is 5.56 Å². The molecule has 0 aliphatic carbocycles. The van der Waals surface area contributed by atoms with Crippen LogP contribution in [0.25, 0.3) is 6.08 Å². The van der Waals surface area contributed by atoms with Gasteiger partial charge in [-0.15, -0.1) is 0 Å². The number of benzene rings is 2. The summed E-state index contributed by atoms with van der Waals surface area (Å²) in [6.45, 7) is 1.97. The van der Waals surface area contributed by atoms with Crippen molar-refractivity contribution in [2.45, 2.75) is 6.92 Å². The predicted octanol–water partition coefficient (Wildman–Crippen LogP) is 3.78. The largest absolute Gasteiger partial charge is 0.288 e. The van der Waals surface area contributed by atoms with E-state index in [4.69, 9.17) is 5.26 Å². The molecule has 0 spiro atoms. The van der Waals surface area contributed by atoms with Gasteiger partial charge in [0.15, 0.2) is 0 Å². The minimum Gasteiger partial charge on any atom is -0.288 e. The molecule has 0 heterocycles. The van der Waals surface area contributed by atoms with Gasteiger partial charge in [0, 0.05) is 5.56 Å². The van der Waals surface area contributed by atoms with Crippen LogP contribution in [0, 0.1) is 18.3 Å². The van der Waals surface area contributed by atoms with Crippen molar-refractivity contribution in [1.29, 1.82) is 5.26 Å². The highest BCUT2D eigenvalue weighted by atomic mass is 16.1. The Hall–Kier alpha value is -2.66. The zero-order valence-corrected chi connectivity index (χ0v) is 10.6. The van der Waals surface area contributed by atoms with Gasteiger partial charge in [-0.3, -0.25) is 4.79 Å². The number of nitriles is 1. The van der Waals surface area contributed by atoms with Gasteiger partial charge in [0.1, 0.15) is 11.6 Å². The smallest absolute Gasteiger partial charge is 0.203 e. The van der Waals surface area contributed by atoms with Crippen LogP contribution in [0.5, 0.6) is 0 Å². The minimum absolute atomic E-state index is 0.150. The second-order valence-electron chi connectivity index (χ2n) is 4.28. The summed E-state index contributed by atoms with van der Waals surface area (Å²) in [6, 6.07) is 18.5. The number of allylic oxidation sites excluding steroid dienone is 1. The molecule has 0 radical (unpaired) electrons. The van der Waals surface area contributed by atoms with Crippen LogP contribution in [0.2, 0.25) is 0 Å². The van der Waals surface area contributed by atoms with Crippen molar-refractivity contribution in [3.8, 4) is 6.07 Å². The fourth-order valence-corrected chi connectivity index (χ4v) is 1.82. The maximum absolute atomic E-state index is 12.2. The summed E-state index contributed by atoms with van der Waals surface area (Å²) in [4.78, 5) is 12.2. The average Bonchev–Trinajstić information content (AvgIpc) is 2.45. The first-order chi connectivity index (χ1) is 9.20. The van der Waals surface area contributed by atoms with E-state index in [1.165, 1.54) is 0 Å². The van der Waals surface area contributed by atoms with Gasteiger partial charge in [-0.05, 0) is 18.6 Å². The van der Waals surface area contributed by atoms with E-state index >= 15 is 0 Å². The maximum Gasteiger partial charge on any atom is 0.203 e. The van der Waals surface area contributed by atoms with E-state index in [0.717, 1.165) is 11.1 Å². The zero-order chi connectivity index (χ0) is 13.7. The zero-order valence-electron chi connectivity index (χ0n) is 10.6. The molecule has 0 fully saturated rings. The molecule has 0 unspecified atom stereocenters. The van der Waals surface area contributed by atoms with Gasteiger partial charge in [0.05, 0.1) is 0 Å². The van der Waals surface area contributed by atoms with Crippen LogP contribution in [0.15, 0.2) is 60.2 Å². The third kappa shape index (κ3) is 3.17. The van der Waals surface area contributed by atoms with Crippen LogP contribution in [0.3, 0.4) is 0 Å². The standard InChI is InChI=1S/C17H13NO/c1-13-6-5-7-14(10-13)11-16(12-18)17(19)15-8-3-2-4-9-15/h2-11H,1H3/b16-11+. The number of aryl methyl sites for hydroxylation is 1. The SMILES string of the molecule is Cc1cccc(/C=C(\C#N)C(=O)c2ccccc2)c1. The van der Waals surface area contributed by atoms with E-state index in [9.17, 15) is 4.79 Å². The van der Waals surface area contributed by atoms with Gasteiger partial charge in [-0.2, -0.15) is 5.26 Å². The molecule has 0 saturated heterocycles. The van der Waals surface area contributed by atoms with Crippen LogP contribution in [-0.2, 0) is 0 Å². The molecule has 0 aliphatic rings. The fraction of sp³-hybridized carbons (Fsp3) is 0.0588. The second-order valence-corrected chi connectivity index (χ2v) is 4.28. The quantitative estimate of drug-likeness (QED) is 0.470. The normalized spacial score (nSPS) is 10.8. The molecular formula is C17H13NO. The van der Waals surface area contributed by atoms with Gasteiger partial charge in [-0.1, -0.05) is 60.2 Å². The number of nitrogens with zero attached hydrogens (tertiary/aromatic N) is 1. The first-order valence-corrected chi connectivity index (χ1v) is 5.99. The second kappa shape index (κ2) is 5.79. The highest BCUT2D eigenvalue weighted by molar-refractivity contribution is 6.14. The van der Waals surface area contributed by atoms with E-state index in [1.807, 2.05) is 43.3 Å². The lowest BCUT2D eigenvalue weighted by Gasteiger charge is -2.00. The summed E-state index contributed by atoms with van der Waals surface area (Å²) < 4.78 is 0. The molecular weight excluding hydrogens is 234 g/mol. The van der Waals surface area contributed by atoms with Crippen molar-refractivity contribution in [1.82, 2.24) is 0 Å². The minimum atomic E-state index is -0.246. The molecule has 2 aromatic rings. The predicted molar refractivity (Wildman–Crippen MR) is 75.5 cm³/mol. The van der Waals surface area contributed by atoms with Gasteiger partial charge in [0.2, 0.25) is 5.78 Å².